The first kappa shape index (κ1) is 23.4. The molecule has 1 heterocycles. The van der Waals surface area contributed by atoms with E-state index in [9.17, 15) is 13.2 Å². The summed E-state index contributed by atoms with van der Waals surface area (Å²) in [7, 11) is -1.95. The zero-order valence-corrected chi connectivity index (χ0v) is 20.0. The smallest absolute Gasteiger partial charge is 0.409 e. The number of sulfone groups is 1. The lowest BCUT2D eigenvalue weighted by Gasteiger charge is -2.13. The molecule has 184 valence electrons. The van der Waals surface area contributed by atoms with Crippen molar-refractivity contribution in [1.29, 1.82) is 0 Å². The number of carbonyl (C=O) groups is 1. The van der Waals surface area contributed by atoms with Gasteiger partial charge in [0.25, 0.3) is 0 Å². The van der Waals surface area contributed by atoms with Crippen LogP contribution in [0.15, 0.2) is 71.8 Å². The van der Waals surface area contributed by atoms with Crippen LogP contribution >= 0.6 is 0 Å². The van der Waals surface area contributed by atoms with Gasteiger partial charge in [-0.3, -0.25) is 5.32 Å². The van der Waals surface area contributed by atoms with Gasteiger partial charge in [0.2, 0.25) is 11.8 Å². The highest BCUT2D eigenvalue weighted by atomic mass is 32.2. The highest BCUT2D eigenvalue weighted by Crippen LogP contribution is 2.37. The lowest BCUT2D eigenvalue weighted by atomic mass is 10.1. The monoisotopic (exact) mass is 506 g/mol. The zero-order chi connectivity index (χ0) is 25.3. The Balaban J connectivity index is 1.42. The van der Waals surface area contributed by atoms with E-state index in [0.717, 1.165) is 0 Å². The number of amides is 1. The fraction of sp³-hybridized carbons (Fsp3) is 0.160. The molecule has 0 radical (unpaired) electrons. The number of ether oxygens (including phenoxy) is 2. The number of aromatic nitrogens is 2. The number of hydrogen-bond acceptors (Lipinski definition) is 8. The summed E-state index contributed by atoms with van der Waals surface area (Å²) in [5, 5.41) is 15.5. The van der Waals surface area contributed by atoms with E-state index in [2.05, 4.69) is 20.6 Å². The molecule has 36 heavy (non-hydrogen) atoms. The Bertz CT molecular complexity index is 1570. The molecule has 0 bridgehead atoms. The lowest BCUT2D eigenvalue weighted by molar-refractivity contribution is 0.210. The summed E-state index contributed by atoms with van der Waals surface area (Å²) in [6, 6.07) is 16.8. The Morgan fingerprint density at radius 2 is 1.83 bits per heavy atom. The van der Waals surface area contributed by atoms with Gasteiger partial charge in [0, 0.05) is 34.8 Å². The van der Waals surface area contributed by atoms with Crippen LogP contribution in [0, 0.1) is 0 Å². The van der Waals surface area contributed by atoms with E-state index < -0.39 is 15.9 Å². The Labute approximate surface area is 206 Å². The number of hydrogen-bond donors (Lipinski definition) is 3. The highest BCUT2D eigenvalue weighted by molar-refractivity contribution is 7.92. The minimum absolute atomic E-state index is 0.181. The van der Waals surface area contributed by atoms with E-state index in [1.54, 1.807) is 36.4 Å². The summed E-state index contributed by atoms with van der Waals surface area (Å²) in [5.74, 6) is 1.31. The van der Waals surface area contributed by atoms with Crippen molar-refractivity contribution in [2.75, 3.05) is 17.7 Å². The first-order valence-electron chi connectivity index (χ1n) is 11.1. The van der Waals surface area contributed by atoms with Gasteiger partial charge in [-0.15, -0.1) is 0 Å². The van der Waals surface area contributed by atoms with Gasteiger partial charge >= 0.3 is 6.09 Å². The molecule has 11 heteroatoms. The topological polar surface area (TPSA) is 140 Å². The van der Waals surface area contributed by atoms with Gasteiger partial charge in [-0.1, -0.05) is 24.3 Å². The number of fused-ring (bicyclic) bond motifs is 1. The number of nitrogens with one attached hydrogen (secondary N) is 2. The molecule has 1 aliphatic carbocycles. The van der Waals surface area contributed by atoms with Gasteiger partial charge in [0.15, 0.2) is 9.84 Å². The number of nitrogens with zero attached hydrogens (tertiary/aromatic N) is 2. The fourth-order valence-corrected chi connectivity index (χ4v) is 5.50. The van der Waals surface area contributed by atoms with E-state index in [-0.39, 0.29) is 22.0 Å². The molecular formula is C25H22N4O6S. The molecule has 1 saturated carbocycles. The quantitative estimate of drug-likeness (QED) is 0.294. The molecule has 5 rings (SSSR count). The van der Waals surface area contributed by atoms with Crippen molar-refractivity contribution in [3.63, 3.8) is 0 Å². The molecule has 1 amide bonds. The van der Waals surface area contributed by atoms with Crippen LogP contribution in [0.2, 0.25) is 0 Å². The number of anilines is 3. The number of carboxylic acid groups (broad SMARTS) is 1. The van der Waals surface area contributed by atoms with Gasteiger partial charge in [-0.05, 0) is 37.1 Å². The maximum Gasteiger partial charge on any atom is 0.409 e. The number of rotatable bonds is 8. The van der Waals surface area contributed by atoms with Gasteiger partial charge < -0.3 is 19.9 Å². The number of methoxy groups -OCH3 is 1. The largest absolute Gasteiger partial charge is 0.497 e. The Morgan fingerprint density at radius 3 is 2.56 bits per heavy atom. The molecule has 1 aromatic heterocycles. The summed E-state index contributed by atoms with van der Waals surface area (Å²) in [5.41, 5.74) is 0.894. The predicted molar refractivity (Wildman–Crippen MR) is 134 cm³/mol. The van der Waals surface area contributed by atoms with Crippen LogP contribution < -0.4 is 20.1 Å². The number of benzene rings is 3. The standard InChI is InChI=1S/C25H22N4O6S/c1-34-16-12-15(13-18(14-16)36(32,33)17-6-7-17)27-24-26-11-10-23(29-24)35-22-9-8-21(28-25(30)31)19-4-2-3-5-20(19)22/h2-5,8-14,17,28H,6-7H2,1H3,(H,30,31)(H,26,27,29). The van der Waals surface area contributed by atoms with Crippen molar-refractivity contribution in [2.24, 2.45) is 0 Å². The summed E-state index contributed by atoms with van der Waals surface area (Å²) in [6.45, 7) is 0. The van der Waals surface area contributed by atoms with Gasteiger partial charge in [-0.25, -0.2) is 18.2 Å². The minimum Gasteiger partial charge on any atom is -0.497 e. The highest BCUT2D eigenvalue weighted by Gasteiger charge is 2.37. The Morgan fingerprint density at radius 1 is 1.06 bits per heavy atom. The molecule has 0 spiro atoms. The Hall–Kier alpha value is -4.38. The predicted octanol–water partition coefficient (Wildman–Crippen LogP) is 5.20. The molecule has 1 fully saturated rings. The third kappa shape index (κ3) is 4.86. The zero-order valence-electron chi connectivity index (χ0n) is 19.1. The first-order chi connectivity index (χ1) is 17.3. The lowest BCUT2D eigenvalue weighted by Crippen LogP contribution is -2.08. The van der Waals surface area contributed by atoms with Crippen molar-refractivity contribution < 1.29 is 27.8 Å². The second-order valence-corrected chi connectivity index (χ2v) is 10.4. The average molecular weight is 507 g/mol. The maximum absolute atomic E-state index is 12.7. The van der Waals surface area contributed by atoms with Crippen molar-refractivity contribution in [3.8, 4) is 17.4 Å². The second-order valence-electron chi connectivity index (χ2n) is 8.17. The van der Waals surface area contributed by atoms with Gasteiger partial charge in [0.05, 0.1) is 22.9 Å². The molecule has 3 aromatic carbocycles. The summed E-state index contributed by atoms with van der Waals surface area (Å²) >= 11 is 0. The van der Waals surface area contributed by atoms with Crippen LogP contribution in [0.4, 0.5) is 22.1 Å². The summed E-state index contributed by atoms with van der Waals surface area (Å²) < 4.78 is 36.8. The molecule has 10 nitrogen and oxygen atoms in total. The fourth-order valence-electron chi connectivity index (χ4n) is 3.78. The maximum atomic E-state index is 12.7. The molecular weight excluding hydrogens is 484 g/mol. The van der Waals surface area contributed by atoms with Crippen LogP contribution in [0.3, 0.4) is 0 Å². The normalized spacial score (nSPS) is 13.2. The van der Waals surface area contributed by atoms with Crippen molar-refractivity contribution in [3.05, 3.63) is 66.9 Å². The second kappa shape index (κ2) is 9.34. The molecule has 1 aliphatic rings. The van der Waals surface area contributed by atoms with Crippen molar-refractivity contribution >= 4 is 44.0 Å². The van der Waals surface area contributed by atoms with Gasteiger partial charge in [-0.2, -0.15) is 4.98 Å². The average Bonchev–Trinajstić information content (AvgIpc) is 3.72. The third-order valence-electron chi connectivity index (χ3n) is 5.63. The van der Waals surface area contributed by atoms with Crippen molar-refractivity contribution in [1.82, 2.24) is 9.97 Å². The Kier molecular flexibility index (Phi) is 6.06. The summed E-state index contributed by atoms with van der Waals surface area (Å²) in [6.07, 6.45) is 1.67. The molecule has 3 N–H and O–H groups in total. The van der Waals surface area contributed by atoms with Crippen LogP contribution in [-0.4, -0.2) is 41.9 Å². The van der Waals surface area contributed by atoms with E-state index >= 15 is 0 Å². The van der Waals surface area contributed by atoms with Crippen LogP contribution in [-0.2, 0) is 9.84 Å². The SMILES string of the molecule is COc1cc(Nc2nccc(Oc3ccc(NC(=O)O)c4ccccc34)n2)cc(S(=O)(=O)C2CC2)c1. The molecule has 0 atom stereocenters. The third-order valence-corrected chi connectivity index (χ3v) is 7.88. The summed E-state index contributed by atoms with van der Waals surface area (Å²) in [4.78, 5) is 19.9. The molecule has 0 unspecified atom stereocenters. The first-order valence-corrected chi connectivity index (χ1v) is 12.6. The van der Waals surface area contributed by atoms with E-state index in [1.807, 2.05) is 12.1 Å². The van der Waals surface area contributed by atoms with Crippen LogP contribution in [0.25, 0.3) is 10.8 Å². The molecule has 4 aromatic rings. The van der Waals surface area contributed by atoms with Crippen molar-refractivity contribution in [2.45, 2.75) is 23.0 Å². The van der Waals surface area contributed by atoms with Gasteiger partial charge in [0.1, 0.15) is 11.5 Å². The van der Waals surface area contributed by atoms with Crippen LogP contribution in [0.5, 0.6) is 17.4 Å². The molecule has 0 saturated heterocycles. The van der Waals surface area contributed by atoms with E-state index in [4.69, 9.17) is 14.6 Å². The molecule has 0 aliphatic heterocycles. The van der Waals surface area contributed by atoms with E-state index in [0.29, 0.717) is 46.5 Å². The van der Waals surface area contributed by atoms with E-state index in [1.165, 1.54) is 25.4 Å². The van der Waals surface area contributed by atoms with Crippen LogP contribution in [0.1, 0.15) is 12.8 Å². The minimum atomic E-state index is -3.42.